The van der Waals surface area contributed by atoms with Crippen molar-refractivity contribution in [1.82, 2.24) is 4.90 Å². The van der Waals surface area contributed by atoms with Crippen molar-refractivity contribution in [2.75, 3.05) is 19.7 Å². The minimum Gasteiger partial charge on any atom is -0.480 e. The minimum atomic E-state index is -0.982. The molecule has 7 heteroatoms. The Bertz CT molecular complexity index is 566. The number of carboxylic acid groups (broad SMARTS) is 1. The van der Waals surface area contributed by atoms with E-state index in [1.165, 1.54) is 6.07 Å². The molecular formula is C14H18N2O5. The van der Waals surface area contributed by atoms with E-state index in [0.717, 1.165) is 5.56 Å². The monoisotopic (exact) mass is 294 g/mol. The first-order valence-electron chi connectivity index (χ1n) is 6.62. The maximum absolute atomic E-state index is 10.9. The molecule has 1 aliphatic heterocycles. The Labute approximate surface area is 122 Å². The fourth-order valence-electron chi connectivity index (χ4n) is 2.62. The van der Waals surface area contributed by atoms with Crippen molar-refractivity contribution in [3.8, 4) is 0 Å². The number of nitro groups is 1. The molecule has 0 aliphatic carbocycles. The minimum absolute atomic E-state index is 0.123. The van der Waals surface area contributed by atoms with Crippen molar-refractivity contribution in [2.24, 2.45) is 0 Å². The van der Waals surface area contributed by atoms with Gasteiger partial charge in [0, 0.05) is 31.3 Å². The zero-order valence-corrected chi connectivity index (χ0v) is 12.0. The van der Waals surface area contributed by atoms with E-state index in [2.05, 4.69) is 4.90 Å². The van der Waals surface area contributed by atoms with Crippen LogP contribution in [-0.4, -0.2) is 46.2 Å². The number of nitro benzene ring substituents is 1. The molecule has 1 N–H and O–H groups in total. The molecule has 0 radical (unpaired) electrons. The average molecular weight is 294 g/mol. The van der Waals surface area contributed by atoms with Crippen LogP contribution in [0.3, 0.4) is 0 Å². The third-order valence-electron chi connectivity index (χ3n) is 3.67. The quantitative estimate of drug-likeness (QED) is 0.632. The summed E-state index contributed by atoms with van der Waals surface area (Å²) >= 11 is 0. The highest BCUT2D eigenvalue weighted by atomic mass is 16.6. The molecule has 0 unspecified atom stereocenters. The van der Waals surface area contributed by atoms with E-state index in [9.17, 15) is 14.9 Å². The molecule has 21 heavy (non-hydrogen) atoms. The predicted octanol–water partition coefficient (Wildman–Crippen LogP) is 1.58. The van der Waals surface area contributed by atoms with Gasteiger partial charge in [-0.1, -0.05) is 12.1 Å². The van der Waals surface area contributed by atoms with Crippen LogP contribution in [0.1, 0.15) is 18.1 Å². The van der Waals surface area contributed by atoms with Gasteiger partial charge in [-0.05, 0) is 19.4 Å². The van der Waals surface area contributed by atoms with Crippen LogP contribution < -0.4 is 0 Å². The fourth-order valence-corrected chi connectivity index (χ4v) is 2.62. The maximum Gasteiger partial charge on any atom is 0.329 e. The molecule has 114 valence electrons. The highest BCUT2D eigenvalue weighted by molar-refractivity contribution is 5.68. The number of nitrogens with zero attached hydrogens (tertiary/aromatic N) is 2. The van der Waals surface area contributed by atoms with Crippen molar-refractivity contribution in [3.05, 3.63) is 39.4 Å². The number of benzene rings is 1. The van der Waals surface area contributed by atoms with Gasteiger partial charge < -0.3 is 9.84 Å². The molecule has 1 heterocycles. The van der Waals surface area contributed by atoms with E-state index in [4.69, 9.17) is 9.84 Å². The molecule has 1 aliphatic rings. The van der Waals surface area contributed by atoms with E-state index in [1.807, 2.05) is 13.0 Å². The summed E-state index contributed by atoms with van der Waals surface area (Å²) in [6.45, 7) is 5.13. The normalized spacial score (nSPS) is 17.2. The molecule has 7 nitrogen and oxygen atoms in total. The van der Waals surface area contributed by atoms with Crippen molar-refractivity contribution in [1.29, 1.82) is 0 Å². The van der Waals surface area contributed by atoms with Crippen LogP contribution in [0.25, 0.3) is 0 Å². The van der Waals surface area contributed by atoms with Gasteiger partial charge in [-0.2, -0.15) is 0 Å². The molecule has 0 spiro atoms. The van der Waals surface area contributed by atoms with Gasteiger partial charge in [-0.15, -0.1) is 0 Å². The van der Waals surface area contributed by atoms with Crippen LogP contribution in [0.4, 0.5) is 5.69 Å². The molecule has 0 atom stereocenters. The summed E-state index contributed by atoms with van der Waals surface area (Å²) in [5, 5.41) is 19.5. The van der Waals surface area contributed by atoms with Gasteiger partial charge in [0.1, 0.15) is 6.61 Å². The second-order valence-electron chi connectivity index (χ2n) is 5.60. The largest absolute Gasteiger partial charge is 0.480 e. The number of carbonyl (C=O) groups is 1. The average Bonchev–Trinajstić information content (AvgIpc) is 2.36. The Morgan fingerprint density at radius 2 is 2.19 bits per heavy atom. The molecule has 0 amide bonds. The van der Waals surface area contributed by atoms with E-state index < -0.39 is 11.6 Å². The van der Waals surface area contributed by atoms with E-state index >= 15 is 0 Å². The molecule has 2 rings (SSSR count). The van der Waals surface area contributed by atoms with Gasteiger partial charge in [0.15, 0.2) is 0 Å². The van der Waals surface area contributed by atoms with Gasteiger partial charge in [-0.3, -0.25) is 15.0 Å². The highest BCUT2D eigenvalue weighted by Crippen LogP contribution is 2.29. The van der Waals surface area contributed by atoms with Crippen molar-refractivity contribution in [2.45, 2.75) is 26.0 Å². The highest BCUT2D eigenvalue weighted by Gasteiger charge is 2.40. The lowest BCUT2D eigenvalue weighted by atomic mass is 9.94. The lowest BCUT2D eigenvalue weighted by molar-refractivity contribution is -0.385. The van der Waals surface area contributed by atoms with Crippen LogP contribution in [-0.2, 0) is 16.1 Å². The summed E-state index contributed by atoms with van der Waals surface area (Å²) in [5.41, 5.74) is 1.25. The summed E-state index contributed by atoms with van der Waals surface area (Å²) in [6, 6.07) is 5.05. The number of hydrogen-bond donors (Lipinski definition) is 1. The van der Waals surface area contributed by atoms with Gasteiger partial charge in [0.2, 0.25) is 0 Å². The Hall–Kier alpha value is -1.99. The van der Waals surface area contributed by atoms with Crippen LogP contribution in [0.15, 0.2) is 18.2 Å². The second kappa shape index (κ2) is 5.79. The molecule has 1 fully saturated rings. The lowest BCUT2D eigenvalue weighted by Crippen LogP contribution is -2.61. The zero-order chi connectivity index (χ0) is 15.6. The Morgan fingerprint density at radius 1 is 1.52 bits per heavy atom. The molecule has 1 saturated heterocycles. The van der Waals surface area contributed by atoms with E-state index in [0.29, 0.717) is 25.2 Å². The van der Waals surface area contributed by atoms with Crippen molar-refractivity contribution >= 4 is 11.7 Å². The Kier molecular flexibility index (Phi) is 4.24. The maximum atomic E-state index is 10.9. The first-order chi connectivity index (χ1) is 9.81. The molecule has 1 aromatic carbocycles. The summed E-state index contributed by atoms with van der Waals surface area (Å²) in [4.78, 5) is 23.1. The molecule has 0 bridgehead atoms. The Balaban J connectivity index is 1.95. The van der Waals surface area contributed by atoms with Gasteiger partial charge in [0.05, 0.1) is 10.5 Å². The smallest absolute Gasteiger partial charge is 0.329 e. The number of likely N-dealkylation sites (tertiary alicyclic amines) is 1. The standard InChI is InChI=1S/C14H18N2O5/c1-10-11(4-3-5-12(10)16(19)20)6-15-8-14(2,9-15)21-7-13(17)18/h3-5H,6-9H2,1-2H3,(H,17,18). The van der Waals surface area contributed by atoms with Crippen LogP contribution >= 0.6 is 0 Å². The molecule has 1 aromatic rings. The van der Waals surface area contributed by atoms with Crippen LogP contribution in [0, 0.1) is 17.0 Å². The first kappa shape index (κ1) is 15.4. The summed E-state index contributed by atoms with van der Waals surface area (Å²) in [6.07, 6.45) is 0. The first-order valence-corrected chi connectivity index (χ1v) is 6.62. The molecular weight excluding hydrogens is 276 g/mol. The van der Waals surface area contributed by atoms with Gasteiger partial charge in [0.25, 0.3) is 5.69 Å². The number of hydrogen-bond acceptors (Lipinski definition) is 5. The SMILES string of the molecule is Cc1c(CN2CC(C)(OCC(=O)O)C2)cccc1[N+](=O)[O-]. The summed E-state index contributed by atoms with van der Waals surface area (Å²) in [7, 11) is 0. The predicted molar refractivity (Wildman–Crippen MR) is 75.1 cm³/mol. The van der Waals surface area contributed by atoms with Crippen LogP contribution in [0.5, 0.6) is 0 Å². The van der Waals surface area contributed by atoms with E-state index in [1.54, 1.807) is 13.0 Å². The summed E-state index contributed by atoms with van der Waals surface area (Å²) in [5.74, 6) is -0.982. The molecule has 0 saturated carbocycles. The summed E-state index contributed by atoms with van der Waals surface area (Å²) < 4.78 is 5.34. The fraction of sp³-hybridized carbons (Fsp3) is 0.500. The third kappa shape index (κ3) is 3.56. The van der Waals surface area contributed by atoms with Crippen molar-refractivity contribution < 1.29 is 19.6 Å². The number of carboxylic acids is 1. The topological polar surface area (TPSA) is 92.9 Å². The third-order valence-corrected chi connectivity index (χ3v) is 3.67. The second-order valence-corrected chi connectivity index (χ2v) is 5.60. The number of aliphatic carboxylic acids is 1. The zero-order valence-electron chi connectivity index (χ0n) is 12.0. The van der Waals surface area contributed by atoms with Crippen molar-refractivity contribution in [3.63, 3.8) is 0 Å². The van der Waals surface area contributed by atoms with Crippen LogP contribution in [0.2, 0.25) is 0 Å². The Morgan fingerprint density at radius 3 is 2.76 bits per heavy atom. The number of rotatable bonds is 6. The lowest BCUT2D eigenvalue weighted by Gasteiger charge is -2.47. The van der Waals surface area contributed by atoms with Gasteiger partial charge in [-0.25, -0.2) is 4.79 Å². The number of ether oxygens (including phenoxy) is 1. The molecule has 0 aromatic heterocycles. The van der Waals surface area contributed by atoms with Gasteiger partial charge >= 0.3 is 5.97 Å². The van der Waals surface area contributed by atoms with E-state index in [-0.39, 0.29) is 17.2 Å².